The van der Waals surface area contributed by atoms with E-state index in [0.29, 0.717) is 18.0 Å². The fourth-order valence-corrected chi connectivity index (χ4v) is 2.11. The Hall–Kier alpha value is -2.34. The van der Waals surface area contributed by atoms with E-state index in [1.807, 2.05) is 31.2 Å². The molecule has 0 saturated carbocycles. The number of methoxy groups -OCH3 is 1. The minimum absolute atomic E-state index is 0.227. The smallest absolute Gasteiger partial charge is 0.278 e. The predicted octanol–water partition coefficient (Wildman–Crippen LogP) is 2.34. The molecule has 2 aromatic rings. The van der Waals surface area contributed by atoms with E-state index in [4.69, 9.17) is 10.5 Å². The molecule has 0 fully saturated rings. The minimum Gasteiger partial charge on any atom is -0.395 e. The summed E-state index contributed by atoms with van der Waals surface area (Å²) in [5.41, 5.74) is 9.00. The standard InChI is InChI=1S/C15H20N4O2/c1-3-6-12-13(16)14(19-18-12)15(20)17-11-8-5-4-7-10(11)9-21-2/h4-5,7-8H,3,6,9,16H2,1-2H3,(H,17,20)(H,18,19). The lowest BCUT2D eigenvalue weighted by Gasteiger charge is -2.09. The number of aromatic nitrogens is 2. The number of para-hydroxylation sites is 1. The fourth-order valence-electron chi connectivity index (χ4n) is 2.11. The maximum absolute atomic E-state index is 12.3. The molecule has 6 heteroatoms. The van der Waals surface area contributed by atoms with Crippen molar-refractivity contribution in [3.8, 4) is 0 Å². The zero-order valence-electron chi connectivity index (χ0n) is 12.3. The lowest BCUT2D eigenvalue weighted by atomic mass is 10.1. The number of H-pyrrole nitrogens is 1. The number of carbonyl (C=O) groups is 1. The third kappa shape index (κ3) is 3.41. The predicted molar refractivity (Wildman–Crippen MR) is 82.1 cm³/mol. The summed E-state index contributed by atoms with van der Waals surface area (Å²) in [6.45, 7) is 2.47. The molecule has 2 rings (SSSR count). The molecular weight excluding hydrogens is 268 g/mol. The van der Waals surface area contributed by atoms with E-state index in [2.05, 4.69) is 15.5 Å². The highest BCUT2D eigenvalue weighted by molar-refractivity contribution is 6.06. The van der Waals surface area contributed by atoms with E-state index in [9.17, 15) is 4.79 Å². The third-order valence-electron chi connectivity index (χ3n) is 3.16. The van der Waals surface area contributed by atoms with Gasteiger partial charge in [-0.05, 0) is 12.5 Å². The second-order valence-electron chi connectivity index (χ2n) is 4.76. The molecule has 0 unspecified atom stereocenters. The lowest BCUT2D eigenvalue weighted by Crippen LogP contribution is -2.15. The van der Waals surface area contributed by atoms with Crippen molar-refractivity contribution < 1.29 is 9.53 Å². The fraction of sp³-hybridized carbons (Fsp3) is 0.333. The van der Waals surface area contributed by atoms with E-state index in [0.717, 1.165) is 24.1 Å². The Morgan fingerprint density at radius 2 is 2.19 bits per heavy atom. The summed E-state index contributed by atoms with van der Waals surface area (Å²) in [5, 5.41) is 9.66. The van der Waals surface area contributed by atoms with Gasteiger partial charge in [0.15, 0.2) is 5.69 Å². The van der Waals surface area contributed by atoms with Gasteiger partial charge in [0.25, 0.3) is 5.91 Å². The minimum atomic E-state index is -0.324. The third-order valence-corrected chi connectivity index (χ3v) is 3.16. The molecule has 1 amide bonds. The van der Waals surface area contributed by atoms with Gasteiger partial charge in [0.1, 0.15) is 0 Å². The lowest BCUT2D eigenvalue weighted by molar-refractivity contribution is 0.102. The van der Waals surface area contributed by atoms with Crippen LogP contribution in [0.4, 0.5) is 11.4 Å². The second kappa shape index (κ2) is 6.90. The van der Waals surface area contributed by atoms with Crippen LogP contribution in [0.25, 0.3) is 0 Å². The second-order valence-corrected chi connectivity index (χ2v) is 4.76. The number of nitrogens with one attached hydrogen (secondary N) is 2. The average molecular weight is 288 g/mol. The first-order valence-corrected chi connectivity index (χ1v) is 6.88. The molecule has 1 heterocycles. The molecule has 0 aliphatic heterocycles. The Labute approximate surface area is 123 Å². The molecule has 0 bridgehead atoms. The van der Waals surface area contributed by atoms with Crippen LogP contribution in [-0.2, 0) is 17.8 Å². The Balaban J connectivity index is 2.18. The molecule has 1 aromatic carbocycles. The molecule has 1 aromatic heterocycles. The van der Waals surface area contributed by atoms with Gasteiger partial charge >= 0.3 is 0 Å². The van der Waals surface area contributed by atoms with E-state index in [1.54, 1.807) is 7.11 Å². The largest absolute Gasteiger partial charge is 0.395 e. The van der Waals surface area contributed by atoms with E-state index in [-0.39, 0.29) is 11.6 Å². The Morgan fingerprint density at radius 1 is 1.43 bits per heavy atom. The number of benzene rings is 1. The van der Waals surface area contributed by atoms with Crippen LogP contribution in [-0.4, -0.2) is 23.2 Å². The summed E-state index contributed by atoms with van der Waals surface area (Å²) in [4.78, 5) is 12.3. The highest BCUT2D eigenvalue weighted by Gasteiger charge is 2.17. The van der Waals surface area contributed by atoms with Gasteiger partial charge in [0.05, 0.1) is 18.0 Å². The van der Waals surface area contributed by atoms with E-state index >= 15 is 0 Å². The number of hydrogen-bond donors (Lipinski definition) is 3. The van der Waals surface area contributed by atoms with Gasteiger partial charge in [0, 0.05) is 18.4 Å². The number of nitrogens with zero attached hydrogens (tertiary/aromatic N) is 1. The van der Waals surface area contributed by atoms with Crippen molar-refractivity contribution in [3.63, 3.8) is 0 Å². The van der Waals surface area contributed by atoms with Crippen LogP contribution in [0.15, 0.2) is 24.3 Å². The maximum Gasteiger partial charge on any atom is 0.278 e. The van der Waals surface area contributed by atoms with Gasteiger partial charge in [-0.2, -0.15) is 5.10 Å². The molecule has 0 aliphatic rings. The number of nitrogens with two attached hydrogens (primary N) is 1. The first-order chi connectivity index (χ1) is 10.2. The monoisotopic (exact) mass is 288 g/mol. The first-order valence-electron chi connectivity index (χ1n) is 6.88. The summed E-state index contributed by atoms with van der Waals surface area (Å²) < 4.78 is 5.12. The Kier molecular flexibility index (Phi) is 4.94. The summed E-state index contributed by atoms with van der Waals surface area (Å²) in [6.07, 6.45) is 1.70. The molecule has 0 aliphatic carbocycles. The normalized spacial score (nSPS) is 10.6. The van der Waals surface area contributed by atoms with E-state index in [1.165, 1.54) is 0 Å². The molecule has 0 saturated heterocycles. The van der Waals surface area contributed by atoms with Crippen molar-refractivity contribution in [3.05, 3.63) is 41.2 Å². The highest BCUT2D eigenvalue weighted by atomic mass is 16.5. The van der Waals surface area contributed by atoms with Crippen LogP contribution < -0.4 is 11.1 Å². The van der Waals surface area contributed by atoms with Gasteiger partial charge in [-0.1, -0.05) is 31.5 Å². The Bertz CT molecular complexity index is 622. The van der Waals surface area contributed by atoms with Crippen LogP contribution in [0.5, 0.6) is 0 Å². The number of aryl methyl sites for hydroxylation is 1. The SMILES string of the molecule is CCCc1[nH]nc(C(=O)Nc2ccccc2COC)c1N. The molecule has 6 nitrogen and oxygen atoms in total. The summed E-state index contributed by atoms with van der Waals surface area (Å²) in [7, 11) is 1.61. The number of aromatic amines is 1. The van der Waals surface area contributed by atoms with Crippen molar-refractivity contribution in [1.29, 1.82) is 0 Å². The Morgan fingerprint density at radius 3 is 2.90 bits per heavy atom. The van der Waals surface area contributed by atoms with Crippen LogP contribution in [0, 0.1) is 0 Å². The molecule has 0 spiro atoms. The molecular formula is C15H20N4O2. The van der Waals surface area contributed by atoms with Gasteiger partial charge in [-0.3, -0.25) is 9.89 Å². The van der Waals surface area contributed by atoms with Gasteiger partial charge in [-0.15, -0.1) is 0 Å². The van der Waals surface area contributed by atoms with Crippen LogP contribution >= 0.6 is 0 Å². The number of rotatable bonds is 6. The number of anilines is 2. The molecule has 0 radical (unpaired) electrons. The number of ether oxygens (including phenoxy) is 1. The molecule has 4 N–H and O–H groups in total. The van der Waals surface area contributed by atoms with E-state index < -0.39 is 0 Å². The van der Waals surface area contributed by atoms with Crippen molar-refractivity contribution >= 4 is 17.3 Å². The zero-order valence-corrected chi connectivity index (χ0v) is 12.3. The molecule has 112 valence electrons. The number of amides is 1. The van der Waals surface area contributed by atoms with Crippen molar-refractivity contribution in [2.24, 2.45) is 0 Å². The number of hydrogen-bond acceptors (Lipinski definition) is 4. The average Bonchev–Trinajstić information content (AvgIpc) is 2.83. The zero-order chi connectivity index (χ0) is 15.2. The summed E-state index contributed by atoms with van der Waals surface area (Å²) in [6, 6.07) is 7.47. The summed E-state index contributed by atoms with van der Waals surface area (Å²) in [5.74, 6) is -0.324. The maximum atomic E-state index is 12.3. The first kappa shape index (κ1) is 15.1. The van der Waals surface area contributed by atoms with Crippen molar-refractivity contribution in [2.45, 2.75) is 26.4 Å². The number of nitrogen functional groups attached to an aromatic ring is 1. The molecule has 21 heavy (non-hydrogen) atoms. The van der Waals surface area contributed by atoms with Crippen LogP contribution in [0.3, 0.4) is 0 Å². The highest BCUT2D eigenvalue weighted by Crippen LogP contribution is 2.20. The van der Waals surface area contributed by atoms with Gasteiger partial charge < -0.3 is 15.8 Å². The van der Waals surface area contributed by atoms with Crippen LogP contribution in [0.1, 0.15) is 35.1 Å². The van der Waals surface area contributed by atoms with Gasteiger partial charge in [0.2, 0.25) is 0 Å². The quantitative estimate of drug-likeness (QED) is 0.760. The number of carbonyl (C=O) groups excluding carboxylic acids is 1. The van der Waals surface area contributed by atoms with Crippen LogP contribution in [0.2, 0.25) is 0 Å². The van der Waals surface area contributed by atoms with Gasteiger partial charge in [-0.25, -0.2) is 0 Å². The van der Waals surface area contributed by atoms with Crippen molar-refractivity contribution in [1.82, 2.24) is 10.2 Å². The van der Waals surface area contributed by atoms with Crippen molar-refractivity contribution in [2.75, 3.05) is 18.2 Å². The topological polar surface area (TPSA) is 93.0 Å². The summed E-state index contributed by atoms with van der Waals surface area (Å²) >= 11 is 0. The molecule has 0 atom stereocenters.